The molecule has 2 aromatic rings. The van der Waals surface area contributed by atoms with Crippen LogP contribution < -0.4 is 5.56 Å². The van der Waals surface area contributed by atoms with Crippen molar-refractivity contribution in [3.8, 4) is 0 Å². The van der Waals surface area contributed by atoms with E-state index in [-0.39, 0.29) is 24.3 Å². The molecule has 1 aliphatic rings. The van der Waals surface area contributed by atoms with Gasteiger partial charge in [0.25, 0.3) is 0 Å². The number of fused-ring (bicyclic) bond motifs is 1. The van der Waals surface area contributed by atoms with E-state index in [2.05, 4.69) is 15.0 Å². The number of alkyl halides is 2. The maximum atomic E-state index is 13.2. The molecule has 2 heterocycles. The highest BCUT2D eigenvalue weighted by Gasteiger charge is 2.36. The van der Waals surface area contributed by atoms with Crippen LogP contribution in [0.4, 0.5) is 8.78 Å². The number of aromatic nitrogens is 3. The summed E-state index contributed by atoms with van der Waals surface area (Å²) in [5, 5.41) is 0.787. The van der Waals surface area contributed by atoms with Crippen LogP contribution in [0, 0.1) is 6.92 Å². The van der Waals surface area contributed by atoms with Gasteiger partial charge in [0.05, 0.1) is 0 Å². The van der Waals surface area contributed by atoms with Crippen LogP contribution >= 0.6 is 0 Å². The molecule has 20 heavy (non-hydrogen) atoms. The summed E-state index contributed by atoms with van der Waals surface area (Å²) in [6.45, 7) is 1.82. The van der Waals surface area contributed by atoms with Gasteiger partial charge in [-0.05, 0) is 25.3 Å². The minimum atomic E-state index is -2.56. The summed E-state index contributed by atoms with van der Waals surface area (Å²) in [6.07, 6.45) is 2.19. The molecule has 6 heteroatoms. The Kier molecular flexibility index (Phi) is 3.03. The zero-order valence-electron chi connectivity index (χ0n) is 11.1. The van der Waals surface area contributed by atoms with E-state index >= 15 is 0 Å². The van der Waals surface area contributed by atoms with Gasteiger partial charge in [-0.1, -0.05) is 0 Å². The molecule has 0 aliphatic heterocycles. The van der Waals surface area contributed by atoms with E-state index in [1.807, 2.05) is 6.92 Å². The van der Waals surface area contributed by atoms with Crippen LogP contribution in [0.25, 0.3) is 11.0 Å². The second-order valence-corrected chi connectivity index (χ2v) is 5.44. The van der Waals surface area contributed by atoms with Crippen LogP contribution in [0.15, 0.2) is 17.1 Å². The molecule has 4 nitrogen and oxygen atoms in total. The van der Waals surface area contributed by atoms with Crippen LogP contribution in [-0.2, 0) is 0 Å². The van der Waals surface area contributed by atoms with Gasteiger partial charge in [0.15, 0.2) is 0 Å². The molecule has 1 saturated carbocycles. The van der Waals surface area contributed by atoms with Crippen LogP contribution in [0.5, 0.6) is 0 Å². The first-order valence-electron chi connectivity index (χ1n) is 6.69. The Hall–Kier alpha value is -1.85. The zero-order chi connectivity index (χ0) is 14.3. The van der Waals surface area contributed by atoms with Gasteiger partial charge in [-0.15, -0.1) is 0 Å². The Morgan fingerprint density at radius 2 is 2.05 bits per heavy atom. The summed E-state index contributed by atoms with van der Waals surface area (Å²) in [7, 11) is 0. The summed E-state index contributed by atoms with van der Waals surface area (Å²) >= 11 is 0. The molecule has 0 amide bonds. The smallest absolute Gasteiger partial charge is 0.249 e. The van der Waals surface area contributed by atoms with Crippen molar-refractivity contribution in [1.29, 1.82) is 0 Å². The Bertz CT molecular complexity index is 701. The standard InChI is InChI=1S/C14H15F2N3O/c1-8-6-11(20)18-13-10(8)7-17-12(19-13)9-2-4-14(15,16)5-3-9/h6-7,9H,2-5H2,1H3,(H,17,18,19,20). The lowest BCUT2D eigenvalue weighted by Gasteiger charge is -2.27. The fraction of sp³-hybridized carbons (Fsp3) is 0.500. The highest BCUT2D eigenvalue weighted by Crippen LogP contribution is 2.39. The van der Waals surface area contributed by atoms with Gasteiger partial charge in [-0.25, -0.2) is 18.7 Å². The van der Waals surface area contributed by atoms with Crippen LogP contribution in [-0.4, -0.2) is 20.9 Å². The Morgan fingerprint density at radius 3 is 2.75 bits per heavy atom. The van der Waals surface area contributed by atoms with E-state index in [1.54, 1.807) is 6.20 Å². The lowest BCUT2D eigenvalue weighted by Crippen LogP contribution is -2.24. The third-order valence-corrected chi connectivity index (χ3v) is 3.90. The number of nitrogens with zero attached hydrogens (tertiary/aromatic N) is 2. The number of nitrogens with one attached hydrogen (secondary N) is 1. The van der Waals surface area contributed by atoms with Crippen molar-refractivity contribution >= 4 is 11.0 Å². The number of pyridine rings is 1. The summed E-state index contributed by atoms with van der Waals surface area (Å²) < 4.78 is 26.3. The SMILES string of the molecule is Cc1cc(=O)[nH]c2nc(C3CCC(F)(F)CC3)ncc12. The summed E-state index contributed by atoms with van der Waals surface area (Å²) in [4.78, 5) is 22.8. The fourth-order valence-corrected chi connectivity index (χ4v) is 2.70. The van der Waals surface area contributed by atoms with Gasteiger partial charge < -0.3 is 4.98 Å². The minimum absolute atomic E-state index is 0.0527. The number of aromatic amines is 1. The number of rotatable bonds is 1. The number of H-pyrrole nitrogens is 1. The predicted octanol–water partition coefficient (Wildman–Crippen LogP) is 2.92. The number of aryl methyl sites for hydroxylation is 1. The maximum absolute atomic E-state index is 13.2. The van der Waals surface area contributed by atoms with E-state index < -0.39 is 5.92 Å². The molecule has 0 unspecified atom stereocenters. The minimum Gasteiger partial charge on any atom is -0.306 e. The molecule has 0 spiro atoms. The van der Waals surface area contributed by atoms with Crippen LogP contribution in [0.3, 0.4) is 0 Å². The van der Waals surface area contributed by atoms with Crippen molar-refractivity contribution in [3.63, 3.8) is 0 Å². The summed E-state index contributed by atoms with van der Waals surface area (Å²) in [5.74, 6) is -2.06. The van der Waals surface area contributed by atoms with Gasteiger partial charge in [-0.3, -0.25) is 4.79 Å². The Morgan fingerprint density at radius 1 is 1.35 bits per heavy atom. The molecule has 0 atom stereocenters. The molecule has 1 fully saturated rings. The molecule has 1 N–H and O–H groups in total. The highest BCUT2D eigenvalue weighted by atomic mass is 19.3. The van der Waals surface area contributed by atoms with Crippen molar-refractivity contribution in [2.45, 2.75) is 44.4 Å². The largest absolute Gasteiger partial charge is 0.306 e. The second-order valence-electron chi connectivity index (χ2n) is 5.44. The molecule has 0 radical (unpaired) electrons. The van der Waals surface area contributed by atoms with Gasteiger partial charge in [0.1, 0.15) is 11.5 Å². The first-order valence-corrected chi connectivity index (χ1v) is 6.69. The molecule has 0 saturated heterocycles. The van der Waals surface area contributed by atoms with E-state index in [9.17, 15) is 13.6 Å². The maximum Gasteiger partial charge on any atom is 0.249 e. The Labute approximate surface area is 114 Å². The topological polar surface area (TPSA) is 58.6 Å². The first-order chi connectivity index (χ1) is 9.44. The molecule has 3 rings (SSSR count). The number of halogens is 2. The van der Waals surface area contributed by atoms with Crippen LogP contribution in [0.1, 0.15) is 43.0 Å². The van der Waals surface area contributed by atoms with E-state index in [0.29, 0.717) is 24.3 Å². The third-order valence-electron chi connectivity index (χ3n) is 3.90. The number of hydrogen-bond acceptors (Lipinski definition) is 3. The van der Waals surface area contributed by atoms with E-state index in [0.717, 1.165) is 10.9 Å². The van der Waals surface area contributed by atoms with Gasteiger partial charge in [0.2, 0.25) is 11.5 Å². The monoisotopic (exact) mass is 279 g/mol. The number of hydrogen-bond donors (Lipinski definition) is 1. The van der Waals surface area contributed by atoms with Gasteiger partial charge in [0, 0.05) is 36.4 Å². The highest BCUT2D eigenvalue weighted by molar-refractivity contribution is 5.77. The summed E-state index contributed by atoms with van der Waals surface area (Å²) in [6, 6.07) is 1.49. The average molecular weight is 279 g/mol. The lowest BCUT2D eigenvalue weighted by molar-refractivity contribution is -0.0387. The van der Waals surface area contributed by atoms with Crippen molar-refractivity contribution < 1.29 is 8.78 Å². The first kappa shape index (κ1) is 13.1. The average Bonchev–Trinajstić information content (AvgIpc) is 2.37. The molecule has 106 valence electrons. The fourth-order valence-electron chi connectivity index (χ4n) is 2.70. The molecule has 0 aromatic carbocycles. The van der Waals surface area contributed by atoms with Crippen molar-refractivity contribution in [2.75, 3.05) is 0 Å². The molecular weight excluding hydrogens is 264 g/mol. The predicted molar refractivity (Wildman–Crippen MR) is 71.1 cm³/mol. The quantitative estimate of drug-likeness (QED) is 0.873. The molecular formula is C14H15F2N3O. The molecule has 0 bridgehead atoms. The van der Waals surface area contributed by atoms with Gasteiger partial charge in [-0.2, -0.15) is 0 Å². The Balaban J connectivity index is 1.96. The van der Waals surface area contributed by atoms with Crippen LogP contribution in [0.2, 0.25) is 0 Å². The zero-order valence-corrected chi connectivity index (χ0v) is 11.1. The van der Waals surface area contributed by atoms with Crippen molar-refractivity contribution in [3.05, 3.63) is 34.0 Å². The normalized spacial score (nSPS) is 19.4. The molecule has 1 aliphatic carbocycles. The summed E-state index contributed by atoms with van der Waals surface area (Å²) in [5.41, 5.74) is 1.08. The molecule has 2 aromatic heterocycles. The third kappa shape index (κ3) is 2.42. The van der Waals surface area contributed by atoms with E-state index in [1.165, 1.54) is 6.07 Å². The second kappa shape index (κ2) is 4.61. The lowest BCUT2D eigenvalue weighted by atomic mass is 9.86. The van der Waals surface area contributed by atoms with Crippen molar-refractivity contribution in [1.82, 2.24) is 15.0 Å². The van der Waals surface area contributed by atoms with Gasteiger partial charge >= 0.3 is 0 Å². The van der Waals surface area contributed by atoms with E-state index in [4.69, 9.17) is 0 Å². The van der Waals surface area contributed by atoms with Crippen molar-refractivity contribution in [2.24, 2.45) is 0 Å².